The number of fused-ring (bicyclic) bond motifs is 1. The Kier molecular flexibility index (Phi) is 4.14. The van der Waals surface area contributed by atoms with Crippen molar-refractivity contribution in [2.45, 2.75) is 19.3 Å². The van der Waals surface area contributed by atoms with Gasteiger partial charge in [-0.05, 0) is 35.9 Å². The van der Waals surface area contributed by atoms with Gasteiger partial charge < -0.3 is 14.0 Å². The molecule has 0 amide bonds. The van der Waals surface area contributed by atoms with Crippen LogP contribution in [-0.4, -0.2) is 27.0 Å². The highest BCUT2D eigenvalue weighted by Gasteiger charge is 2.24. The van der Waals surface area contributed by atoms with Gasteiger partial charge in [0.2, 0.25) is 5.82 Å². The van der Waals surface area contributed by atoms with Crippen molar-refractivity contribution in [1.82, 2.24) is 19.9 Å². The van der Waals surface area contributed by atoms with Crippen LogP contribution in [0.25, 0.3) is 23.0 Å². The van der Waals surface area contributed by atoms with Gasteiger partial charge in [0.15, 0.2) is 5.69 Å². The predicted molar refractivity (Wildman–Crippen MR) is 101 cm³/mol. The summed E-state index contributed by atoms with van der Waals surface area (Å²) in [4.78, 5) is 4.49. The molecule has 0 bridgehead atoms. The molecule has 28 heavy (non-hydrogen) atoms. The Labute approximate surface area is 161 Å². The number of hydrogen-bond donors (Lipinski definition) is 0. The first-order valence-corrected chi connectivity index (χ1v) is 9.02. The van der Waals surface area contributed by atoms with Gasteiger partial charge in [0.1, 0.15) is 11.9 Å². The molecule has 1 aliphatic rings. The maximum atomic E-state index is 6.00. The summed E-state index contributed by atoms with van der Waals surface area (Å²) in [5, 5.41) is 8.73. The van der Waals surface area contributed by atoms with E-state index in [0.29, 0.717) is 30.6 Å². The Morgan fingerprint density at radius 1 is 1.07 bits per heavy atom. The molecule has 0 spiro atoms. The minimum Gasteiger partial charge on any atom is -0.497 e. The maximum Gasteiger partial charge on any atom is 0.278 e. The first-order valence-electron chi connectivity index (χ1n) is 9.02. The van der Waals surface area contributed by atoms with Gasteiger partial charge in [-0.15, -0.1) is 0 Å². The molecule has 0 unspecified atom stereocenters. The average Bonchev–Trinajstić information content (AvgIpc) is 3.41. The van der Waals surface area contributed by atoms with Crippen LogP contribution in [0.15, 0.2) is 65.2 Å². The molecule has 3 heterocycles. The fourth-order valence-corrected chi connectivity index (χ4v) is 3.28. The minimum absolute atomic E-state index is 0.0148. The number of benzene rings is 2. The number of rotatable bonds is 4. The van der Waals surface area contributed by atoms with Crippen molar-refractivity contribution in [3.05, 3.63) is 71.9 Å². The fourth-order valence-electron chi connectivity index (χ4n) is 3.28. The van der Waals surface area contributed by atoms with Crippen molar-refractivity contribution in [3.63, 3.8) is 0 Å². The molecule has 7 heteroatoms. The molecule has 0 saturated carbocycles. The average molecular weight is 374 g/mol. The Hall–Kier alpha value is -3.45. The topological polar surface area (TPSA) is 75.2 Å². The summed E-state index contributed by atoms with van der Waals surface area (Å²) >= 11 is 0. The molecule has 0 fully saturated rings. The third kappa shape index (κ3) is 3.05. The first kappa shape index (κ1) is 16.7. The Balaban J connectivity index is 1.39. The van der Waals surface area contributed by atoms with Gasteiger partial charge in [0, 0.05) is 5.56 Å². The smallest absolute Gasteiger partial charge is 0.278 e. The molecule has 0 saturated heterocycles. The highest BCUT2D eigenvalue weighted by molar-refractivity contribution is 5.58. The van der Waals surface area contributed by atoms with Gasteiger partial charge in [-0.2, -0.15) is 10.1 Å². The summed E-state index contributed by atoms with van der Waals surface area (Å²) in [5.74, 6) is 1.69. The van der Waals surface area contributed by atoms with E-state index in [9.17, 15) is 0 Å². The van der Waals surface area contributed by atoms with Gasteiger partial charge >= 0.3 is 0 Å². The second kappa shape index (κ2) is 6.94. The van der Waals surface area contributed by atoms with Crippen LogP contribution >= 0.6 is 0 Å². The Morgan fingerprint density at radius 2 is 1.89 bits per heavy atom. The fraction of sp³-hybridized carbons (Fsp3) is 0.190. The molecule has 0 radical (unpaired) electrons. The zero-order valence-electron chi connectivity index (χ0n) is 15.3. The molecule has 1 atom stereocenters. The molecule has 7 nitrogen and oxygen atoms in total. The van der Waals surface area contributed by atoms with E-state index in [0.717, 1.165) is 22.6 Å². The summed E-state index contributed by atoms with van der Waals surface area (Å²) in [5.41, 5.74) is 3.64. The molecule has 0 aliphatic carbocycles. The highest BCUT2D eigenvalue weighted by atomic mass is 16.5. The lowest BCUT2D eigenvalue weighted by atomic mass is 10.1. The van der Waals surface area contributed by atoms with Crippen LogP contribution in [0, 0.1) is 0 Å². The van der Waals surface area contributed by atoms with E-state index in [1.165, 1.54) is 0 Å². The van der Waals surface area contributed by atoms with Crippen LogP contribution in [0.5, 0.6) is 5.75 Å². The van der Waals surface area contributed by atoms with E-state index in [1.54, 1.807) is 7.11 Å². The van der Waals surface area contributed by atoms with Crippen molar-refractivity contribution in [3.8, 4) is 28.7 Å². The van der Waals surface area contributed by atoms with Crippen molar-refractivity contribution in [2.75, 3.05) is 7.11 Å². The number of ether oxygens (including phenoxy) is 2. The Bertz CT molecular complexity index is 1090. The van der Waals surface area contributed by atoms with E-state index in [4.69, 9.17) is 14.0 Å². The second-order valence-corrected chi connectivity index (χ2v) is 6.56. The lowest BCUT2D eigenvalue weighted by molar-refractivity contribution is -0.00113. The SMILES string of the molecule is COc1ccc(-c2noc(-c3cc4n(n3)C[C@H](c3ccccc3)OC4)n2)cc1. The second-order valence-electron chi connectivity index (χ2n) is 6.56. The summed E-state index contributed by atoms with van der Waals surface area (Å²) in [6, 6.07) is 19.6. The van der Waals surface area contributed by atoms with E-state index in [1.807, 2.05) is 53.2 Å². The first-order chi connectivity index (χ1) is 13.8. The molecule has 5 rings (SSSR count). The van der Waals surface area contributed by atoms with Gasteiger partial charge in [0.05, 0.1) is 26.0 Å². The molecule has 2 aromatic heterocycles. The normalized spacial score (nSPS) is 16.0. The third-order valence-corrected chi connectivity index (χ3v) is 4.80. The van der Waals surface area contributed by atoms with Crippen LogP contribution in [-0.2, 0) is 17.9 Å². The number of nitrogens with zero attached hydrogens (tertiary/aromatic N) is 4. The lowest BCUT2D eigenvalue weighted by Crippen LogP contribution is -2.21. The van der Waals surface area contributed by atoms with Crippen LogP contribution in [0.1, 0.15) is 17.4 Å². The number of methoxy groups -OCH3 is 1. The molecular weight excluding hydrogens is 356 g/mol. The summed E-state index contributed by atoms with van der Waals surface area (Å²) in [7, 11) is 1.63. The van der Waals surface area contributed by atoms with Crippen LogP contribution in [0.4, 0.5) is 0 Å². The number of aromatic nitrogens is 4. The third-order valence-electron chi connectivity index (χ3n) is 4.80. The van der Waals surface area contributed by atoms with Gasteiger partial charge in [-0.3, -0.25) is 4.68 Å². The molecular formula is C21H18N4O3. The van der Waals surface area contributed by atoms with Crippen LogP contribution in [0.3, 0.4) is 0 Å². The van der Waals surface area contributed by atoms with Crippen molar-refractivity contribution in [2.24, 2.45) is 0 Å². The zero-order valence-corrected chi connectivity index (χ0v) is 15.3. The zero-order chi connectivity index (χ0) is 18.9. The van der Waals surface area contributed by atoms with E-state index < -0.39 is 0 Å². The lowest BCUT2D eigenvalue weighted by Gasteiger charge is -2.24. The molecule has 140 valence electrons. The standard InChI is InChI=1S/C21H18N4O3/c1-26-17-9-7-15(8-10-17)20-22-21(28-24-20)18-11-16-13-27-19(12-25(16)23-18)14-5-3-2-4-6-14/h2-11,19H,12-13H2,1H3/t19-/m1/s1. The quantitative estimate of drug-likeness (QED) is 0.540. The van der Waals surface area contributed by atoms with E-state index in [2.05, 4.69) is 27.4 Å². The van der Waals surface area contributed by atoms with Crippen molar-refractivity contribution in [1.29, 1.82) is 0 Å². The van der Waals surface area contributed by atoms with E-state index in [-0.39, 0.29) is 6.10 Å². The predicted octanol–water partition coefficient (Wildman–Crippen LogP) is 3.88. The molecule has 0 N–H and O–H groups in total. The largest absolute Gasteiger partial charge is 0.497 e. The van der Waals surface area contributed by atoms with Gasteiger partial charge in [-0.25, -0.2) is 0 Å². The number of hydrogen-bond acceptors (Lipinski definition) is 6. The highest BCUT2D eigenvalue weighted by Crippen LogP contribution is 2.29. The van der Waals surface area contributed by atoms with E-state index >= 15 is 0 Å². The van der Waals surface area contributed by atoms with Gasteiger partial charge in [0.25, 0.3) is 5.89 Å². The molecule has 2 aromatic carbocycles. The maximum absolute atomic E-state index is 6.00. The monoisotopic (exact) mass is 374 g/mol. The summed E-state index contributed by atoms with van der Waals surface area (Å²) < 4.78 is 18.6. The summed E-state index contributed by atoms with van der Waals surface area (Å²) in [6.07, 6.45) is -0.0148. The van der Waals surface area contributed by atoms with Crippen molar-refractivity contribution < 1.29 is 14.0 Å². The van der Waals surface area contributed by atoms with Crippen LogP contribution in [0.2, 0.25) is 0 Å². The summed E-state index contributed by atoms with van der Waals surface area (Å²) in [6.45, 7) is 1.14. The van der Waals surface area contributed by atoms with Gasteiger partial charge in [-0.1, -0.05) is 35.5 Å². The molecule has 1 aliphatic heterocycles. The molecule has 4 aromatic rings. The minimum atomic E-state index is -0.0148. The van der Waals surface area contributed by atoms with Crippen LogP contribution < -0.4 is 4.74 Å². The van der Waals surface area contributed by atoms with Crippen molar-refractivity contribution >= 4 is 0 Å². The Morgan fingerprint density at radius 3 is 2.68 bits per heavy atom.